The molecule has 0 atom stereocenters. The highest BCUT2D eigenvalue weighted by Gasteiger charge is 2.28. The van der Waals surface area contributed by atoms with E-state index in [9.17, 15) is 13.5 Å². The van der Waals surface area contributed by atoms with Crippen molar-refractivity contribution in [3.63, 3.8) is 0 Å². The van der Waals surface area contributed by atoms with Crippen LogP contribution >= 0.6 is 11.6 Å². The van der Waals surface area contributed by atoms with E-state index >= 15 is 0 Å². The van der Waals surface area contributed by atoms with Crippen molar-refractivity contribution in [2.24, 2.45) is 0 Å². The minimum absolute atomic E-state index is 0.0712. The predicted molar refractivity (Wildman–Crippen MR) is 78.6 cm³/mol. The Balaban J connectivity index is 3.41. The van der Waals surface area contributed by atoms with Crippen molar-refractivity contribution in [1.29, 1.82) is 0 Å². The first-order chi connectivity index (χ1) is 9.16. The average molecular weight is 322 g/mol. The maximum Gasteiger partial charge on any atom is 0.244 e. The molecule has 0 aromatic heterocycles. The van der Waals surface area contributed by atoms with E-state index in [4.69, 9.17) is 16.3 Å². The molecule has 0 aliphatic carbocycles. The number of hydrogen-bond acceptors (Lipinski definition) is 4. The third-order valence-corrected chi connectivity index (χ3v) is 4.98. The van der Waals surface area contributed by atoms with Crippen molar-refractivity contribution in [3.05, 3.63) is 22.7 Å². The Hall–Kier alpha value is -0.820. The Morgan fingerprint density at radius 3 is 2.45 bits per heavy atom. The Kier molecular flexibility index (Phi) is 5.43. The summed E-state index contributed by atoms with van der Waals surface area (Å²) in [6.07, 6.45) is 0.627. The van der Waals surface area contributed by atoms with Crippen LogP contribution in [0.4, 0.5) is 0 Å². The van der Waals surface area contributed by atoms with Gasteiger partial charge < -0.3 is 9.84 Å². The number of methoxy groups -OCH3 is 1. The van der Waals surface area contributed by atoms with E-state index in [1.54, 1.807) is 13.8 Å². The predicted octanol–water partition coefficient (Wildman–Crippen LogP) is 2.31. The van der Waals surface area contributed by atoms with Gasteiger partial charge in [0.05, 0.1) is 13.7 Å². The molecule has 2 N–H and O–H groups in total. The molecule has 0 spiro atoms. The van der Waals surface area contributed by atoms with E-state index in [0.29, 0.717) is 12.0 Å². The van der Waals surface area contributed by atoms with Crippen LogP contribution in [0.25, 0.3) is 0 Å². The lowest BCUT2D eigenvalue weighted by Crippen LogP contribution is -2.42. The zero-order valence-electron chi connectivity index (χ0n) is 12.0. The molecule has 0 bridgehead atoms. The van der Waals surface area contributed by atoms with E-state index in [0.717, 1.165) is 0 Å². The van der Waals surface area contributed by atoms with E-state index in [2.05, 4.69) is 4.72 Å². The summed E-state index contributed by atoms with van der Waals surface area (Å²) in [5, 5.41) is 9.52. The first-order valence-electron chi connectivity index (χ1n) is 6.18. The highest BCUT2D eigenvalue weighted by molar-refractivity contribution is 7.89. The lowest BCUT2D eigenvalue weighted by atomic mass is 10.0. The van der Waals surface area contributed by atoms with Gasteiger partial charge in [-0.1, -0.05) is 18.5 Å². The second kappa shape index (κ2) is 6.30. The van der Waals surface area contributed by atoms with Gasteiger partial charge >= 0.3 is 0 Å². The van der Waals surface area contributed by atoms with Crippen LogP contribution in [0.5, 0.6) is 5.75 Å². The fourth-order valence-corrected chi connectivity index (χ4v) is 3.69. The molecule has 0 aliphatic heterocycles. The van der Waals surface area contributed by atoms with Gasteiger partial charge in [0.25, 0.3) is 0 Å². The van der Waals surface area contributed by atoms with Gasteiger partial charge in [0, 0.05) is 16.1 Å². The zero-order valence-corrected chi connectivity index (χ0v) is 13.6. The smallest absolute Gasteiger partial charge is 0.244 e. The van der Waals surface area contributed by atoms with Crippen LogP contribution in [-0.2, 0) is 16.6 Å². The summed E-state index contributed by atoms with van der Waals surface area (Å²) in [5.41, 5.74) is -0.263. The summed E-state index contributed by atoms with van der Waals surface area (Å²) >= 11 is 5.91. The minimum atomic E-state index is -3.80. The monoisotopic (exact) mass is 321 g/mol. The second-order valence-electron chi connectivity index (χ2n) is 5.10. The van der Waals surface area contributed by atoms with Gasteiger partial charge in [-0.15, -0.1) is 0 Å². The van der Waals surface area contributed by atoms with Gasteiger partial charge in [0.1, 0.15) is 10.6 Å². The van der Waals surface area contributed by atoms with Crippen molar-refractivity contribution in [1.82, 2.24) is 4.72 Å². The Bertz CT molecular complexity index is 584. The molecule has 0 unspecified atom stereocenters. The molecule has 114 valence electrons. The molecule has 20 heavy (non-hydrogen) atoms. The Morgan fingerprint density at radius 1 is 1.40 bits per heavy atom. The summed E-state index contributed by atoms with van der Waals surface area (Å²) in [6, 6.07) is 2.79. The number of aliphatic hydroxyl groups excluding tert-OH is 1. The number of hydrogen-bond donors (Lipinski definition) is 2. The van der Waals surface area contributed by atoms with E-state index < -0.39 is 15.6 Å². The molecule has 1 rings (SSSR count). The molecule has 1 aromatic carbocycles. The first kappa shape index (κ1) is 17.2. The van der Waals surface area contributed by atoms with Crippen molar-refractivity contribution in [3.8, 4) is 5.75 Å². The maximum absolute atomic E-state index is 12.5. The van der Waals surface area contributed by atoms with Gasteiger partial charge in [-0.25, -0.2) is 13.1 Å². The number of halogens is 1. The quantitative estimate of drug-likeness (QED) is 0.843. The van der Waals surface area contributed by atoms with Gasteiger partial charge in [-0.3, -0.25) is 0 Å². The average Bonchev–Trinajstić information content (AvgIpc) is 2.36. The van der Waals surface area contributed by atoms with Crippen LogP contribution in [0, 0.1) is 0 Å². The molecular formula is C13H20ClNO4S. The van der Waals surface area contributed by atoms with E-state index in [-0.39, 0.29) is 22.3 Å². The van der Waals surface area contributed by atoms with E-state index in [1.807, 2.05) is 6.92 Å². The van der Waals surface area contributed by atoms with Crippen LogP contribution in [0.3, 0.4) is 0 Å². The van der Waals surface area contributed by atoms with Gasteiger partial charge in [0.2, 0.25) is 10.0 Å². The third kappa shape index (κ3) is 3.85. The van der Waals surface area contributed by atoms with Crippen LogP contribution < -0.4 is 9.46 Å². The maximum atomic E-state index is 12.5. The first-order valence-corrected chi connectivity index (χ1v) is 8.04. The topological polar surface area (TPSA) is 75.6 Å². The fraction of sp³-hybridized carbons (Fsp3) is 0.538. The molecule has 0 amide bonds. The summed E-state index contributed by atoms with van der Waals surface area (Å²) < 4.78 is 32.7. The number of aliphatic hydroxyl groups is 1. The van der Waals surface area contributed by atoms with Crippen molar-refractivity contribution < 1.29 is 18.3 Å². The Labute approximate surface area is 125 Å². The highest BCUT2D eigenvalue weighted by atomic mass is 35.5. The minimum Gasteiger partial charge on any atom is -0.495 e. The molecule has 0 radical (unpaired) electrons. The van der Waals surface area contributed by atoms with Crippen molar-refractivity contribution in [2.45, 2.75) is 44.2 Å². The third-order valence-electron chi connectivity index (χ3n) is 3.06. The number of ether oxygens (including phenoxy) is 1. The van der Waals surface area contributed by atoms with Gasteiger partial charge in [-0.2, -0.15) is 0 Å². The standard InChI is InChI=1S/C13H20ClNO4S/c1-5-13(2,3)15-20(17,18)11-7-10(14)6-9(8-16)12(11)19-4/h6-7,15-16H,5,8H2,1-4H3. The van der Waals surface area contributed by atoms with E-state index in [1.165, 1.54) is 19.2 Å². The molecule has 1 aromatic rings. The summed E-state index contributed by atoms with van der Waals surface area (Å²) in [6.45, 7) is 5.10. The number of benzene rings is 1. The van der Waals surface area contributed by atoms with Crippen LogP contribution in [0.2, 0.25) is 5.02 Å². The fourth-order valence-electron chi connectivity index (χ4n) is 1.66. The highest BCUT2D eigenvalue weighted by Crippen LogP contribution is 2.32. The largest absolute Gasteiger partial charge is 0.495 e. The molecule has 0 saturated heterocycles. The molecule has 0 heterocycles. The van der Waals surface area contributed by atoms with Crippen molar-refractivity contribution in [2.75, 3.05) is 7.11 Å². The summed E-state index contributed by atoms with van der Waals surface area (Å²) in [4.78, 5) is -0.0712. The number of sulfonamides is 1. The SMILES string of the molecule is CCC(C)(C)NS(=O)(=O)c1cc(Cl)cc(CO)c1OC. The number of nitrogens with one attached hydrogen (secondary N) is 1. The molecule has 5 nitrogen and oxygen atoms in total. The molecule has 0 saturated carbocycles. The van der Waals surface area contributed by atoms with Crippen LogP contribution in [0.15, 0.2) is 17.0 Å². The van der Waals surface area contributed by atoms with Gasteiger partial charge in [-0.05, 0) is 32.4 Å². The summed E-state index contributed by atoms with van der Waals surface area (Å²) in [7, 11) is -2.44. The molecular weight excluding hydrogens is 302 g/mol. The van der Waals surface area contributed by atoms with Gasteiger partial charge in [0.15, 0.2) is 0 Å². The zero-order chi connectivity index (χ0) is 15.6. The second-order valence-corrected chi connectivity index (χ2v) is 7.18. The normalized spacial score (nSPS) is 12.5. The molecule has 0 fully saturated rings. The number of rotatable bonds is 6. The van der Waals surface area contributed by atoms with Crippen LogP contribution in [0.1, 0.15) is 32.8 Å². The molecule has 0 aliphatic rings. The lowest BCUT2D eigenvalue weighted by molar-refractivity contribution is 0.272. The molecule has 7 heteroatoms. The Morgan fingerprint density at radius 2 is 2.00 bits per heavy atom. The van der Waals surface area contributed by atoms with Crippen molar-refractivity contribution >= 4 is 21.6 Å². The van der Waals surface area contributed by atoms with Crippen LogP contribution in [-0.4, -0.2) is 26.2 Å². The summed E-state index contributed by atoms with van der Waals surface area (Å²) in [5.74, 6) is 0.108. The lowest BCUT2D eigenvalue weighted by Gasteiger charge is -2.25.